The van der Waals surface area contributed by atoms with Crippen LogP contribution in [0.25, 0.3) is 0 Å². The van der Waals surface area contributed by atoms with Crippen molar-refractivity contribution in [2.24, 2.45) is 0 Å². The second kappa shape index (κ2) is 10.5. The molecule has 0 radical (unpaired) electrons. The van der Waals surface area contributed by atoms with E-state index in [-0.39, 0.29) is 29.7 Å². The summed E-state index contributed by atoms with van der Waals surface area (Å²) in [5.41, 5.74) is 1.54. The summed E-state index contributed by atoms with van der Waals surface area (Å²) in [5, 5.41) is 26.1. The van der Waals surface area contributed by atoms with Gasteiger partial charge in [0.2, 0.25) is 11.8 Å². The first-order valence-electron chi connectivity index (χ1n) is 9.75. The van der Waals surface area contributed by atoms with E-state index in [1.165, 1.54) is 24.3 Å². The van der Waals surface area contributed by atoms with E-state index in [2.05, 4.69) is 16.7 Å². The Morgan fingerprint density at radius 2 is 1.97 bits per heavy atom. The quantitative estimate of drug-likeness (QED) is 0.460. The van der Waals surface area contributed by atoms with Crippen molar-refractivity contribution >= 4 is 35.0 Å². The molecule has 32 heavy (non-hydrogen) atoms. The molecular weight excluding hydrogens is 432 g/mol. The molecule has 0 aliphatic carbocycles. The number of carbonyl (C=O) groups is 2. The number of amides is 2. The summed E-state index contributed by atoms with van der Waals surface area (Å²) in [6.07, 6.45) is 0.135. The number of hydrogen-bond acceptors (Lipinski definition) is 7. The van der Waals surface area contributed by atoms with Gasteiger partial charge >= 0.3 is 0 Å². The van der Waals surface area contributed by atoms with Gasteiger partial charge in [-0.15, -0.1) is 0 Å². The topological polar surface area (TPSA) is 134 Å². The molecule has 0 unspecified atom stereocenters. The molecule has 0 bridgehead atoms. The van der Waals surface area contributed by atoms with Crippen molar-refractivity contribution in [2.75, 3.05) is 17.7 Å². The van der Waals surface area contributed by atoms with Crippen LogP contribution in [0.15, 0.2) is 59.1 Å². The molecule has 0 spiro atoms. The number of nitrogens with zero attached hydrogens (tertiary/aromatic N) is 2. The third kappa shape index (κ3) is 5.65. The van der Waals surface area contributed by atoms with E-state index in [9.17, 15) is 25.0 Å². The molecule has 0 aromatic heterocycles. The molecule has 9 nitrogen and oxygen atoms in total. The molecule has 1 heterocycles. The van der Waals surface area contributed by atoms with Crippen LogP contribution in [0, 0.1) is 21.4 Å². The molecule has 10 heteroatoms. The number of benzene rings is 2. The molecule has 2 N–H and O–H groups in total. The lowest BCUT2D eigenvalue weighted by molar-refractivity contribution is -0.384. The molecule has 2 amide bonds. The Hall–Kier alpha value is -3.84. The number of nitriles is 1. The van der Waals surface area contributed by atoms with Crippen LogP contribution in [0.1, 0.15) is 24.8 Å². The maximum Gasteiger partial charge on any atom is 0.269 e. The summed E-state index contributed by atoms with van der Waals surface area (Å²) >= 11 is 1.06. The van der Waals surface area contributed by atoms with Crippen molar-refractivity contribution < 1.29 is 19.2 Å². The van der Waals surface area contributed by atoms with Crippen LogP contribution in [0.3, 0.4) is 0 Å². The summed E-state index contributed by atoms with van der Waals surface area (Å²) in [5.74, 6) is -0.359. The highest BCUT2D eigenvalue weighted by molar-refractivity contribution is 8.03. The van der Waals surface area contributed by atoms with Gasteiger partial charge in [-0.05, 0) is 36.8 Å². The summed E-state index contributed by atoms with van der Waals surface area (Å²) in [6.45, 7) is 2.43. The highest BCUT2D eigenvalue weighted by atomic mass is 32.2. The van der Waals surface area contributed by atoms with Crippen LogP contribution in [0.2, 0.25) is 0 Å². The fourth-order valence-electron chi connectivity index (χ4n) is 3.18. The Bertz CT molecular complexity index is 1090. The van der Waals surface area contributed by atoms with Gasteiger partial charge in [0.15, 0.2) is 0 Å². The summed E-state index contributed by atoms with van der Waals surface area (Å²) in [6, 6.07) is 14.9. The van der Waals surface area contributed by atoms with E-state index in [4.69, 9.17) is 4.74 Å². The molecule has 164 valence electrons. The van der Waals surface area contributed by atoms with E-state index in [1.807, 2.05) is 19.1 Å². The first kappa shape index (κ1) is 22.8. The lowest BCUT2D eigenvalue weighted by Gasteiger charge is -2.25. The number of allylic oxidation sites excluding steroid dienone is 1. The number of hydrogen-bond donors (Lipinski definition) is 2. The predicted octanol–water partition coefficient (Wildman–Crippen LogP) is 3.70. The molecule has 0 saturated carbocycles. The lowest BCUT2D eigenvalue weighted by atomic mass is 9.87. The van der Waals surface area contributed by atoms with Gasteiger partial charge < -0.3 is 15.4 Å². The van der Waals surface area contributed by atoms with Crippen molar-refractivity contribution in [1.82, 2.24) is 5.32 Å². The first-order chi connectivity index (χ1) is 15.4. The Morgan fingerprint density at radius 1 is 1.28 bits per heavy atom. The summed E-state index contributed by atoms with van der Waals surface area (Å²) in [4.78, 5) is 34.8. The van der Waals surface area contributed by atoms with E-state index in [0.29, 0.717) is 28.6 Å². The zero-order valence-corrected chi connectivity index (χ0v) is 18.0. The Kier molecular flexibility index (Phi) is 7.46. The van der Waals surface area contributed by atoms with Crippen LogP contribution in [-0.2, 0) is 9.59 Å². The molecule has 3 rings (SSSR count). The highest BCUT2D eigenvalue weighted by Crippen LogP contribution is 2.36. The maximum atomic E-state index is 12.3. The van der Waals surface area contributed by atoms with Crippen LogP contribution < -0.4 is 15.4 Å². The minimum absolute atomic E-state index is 0.0478. The molecule has 0 fully saturated rings. The van der Waals surface area contributed by atoms with Crippen LogP contribution >= 0.6 is 11.8 Å². The second-order valence-corrected chi connectivity index (χ2v) is 7.79. The second-order valence-electron chi connectivity index (χ2n) is 6.80. The molecule has 1 atom stereocenters. The van der Waals surface area contributed by atoms with E-state index >= 15 is 0 Å². The molecule has 1 aliphatic heterocycles. The van der Waals surface area contributed by atoms with Gasteiger partial charge in [0, 0.05) is 30.2 Å². The standard InChI is InChI=1S/C22H20N4O5S/c1-2-31-17-9-3-14(4-10-17)18-11-20(27)25-22(19(18)12-23)32-13-21(28)24-15-5-7-16(8-6-15)26(29)30/h3-10,18H,2,11,13H2,1H3,(H,24,28)(H,25,27)/t18-/m0/s1. The first-order valence-corrected chi connectivity index (χ1v) is 10.7. The van der Waals surface area contributed by atoms with Gasteiger partial charge in [-0.3, -0.25) is 19.7 Å². The van der Waals surface area contributed by atoms with Crippen molar-refractivity contribution in [3.8, 4) is 11.8 Å². The van der Waals surface area contributed by atoms with Crippen LogP contribution in [0.5, 0.6) is 5.75 Å². The number of carbonyl (C=O) groups excluding carboxylic acids is 2. The minimum atomic E-state index is -0.524. The lowest BCUT2D eigenvalue weighted by Crippen LogP contribution is -2.31. The fraction of sp³-hybridized carbons (Fsp3) is 0.227. The van der Waals surface area contributed by atoms with Crippen molar-refractivity contribution in [3.05, 3.63) is 74.8 Å². The number of nitro benzene ring substituents is 1. The molecular formula is C22H20N4O5S. The predicted molar refractivity (Wildman–Crippen MR) is 120 cm³/mol. The number of thioether (sulfide) groups is 1. The third-order valence-corrected chi connectivity index (χ3v) is 5.68. The third-order valence-electron chi connectivity index (χ3n) is 4.66. The van der Waals surface area contributed by atoms with E-state index in [0.717, 1.165) is 17.3 Å². The Labute approximate surface area is 188 Å². The number of ether oxygens (including phenoxy) is 1. The normalized spacial score (nSPS) is 15.5. The number of nitrogens with one attached hydrogen (secondary N) is 2. The Morgan fingerprint density at radius 3 is 2.56 bits per heavy atom. The summed E-state index contributed by atoms with van der Waals surface area (Å²) in [7, 11) is 0. The molecule has 1 aliphatic rings. The SMILES string of the molecule is CCOc1ccc([C@@H]2CC(=O)NC(SCC(=O)Nc3ccc([N+](=O)[O-])cc3)=C2C#N)cc1. The minimum Gasteiger partial charge on any atom is -0.494 e. The highest BCUT2D eigenvalue weighted by Gasteiger charge is 2.30. The van der Waals surface area contributed by atoms with Crippen molar-refractivity contribution in [2.45, 2.75) is 19.3 Å². The van der Waals surface area contributed by atoms with Gasteiger partial charge in [-0.2, -0.15) is 5.26 Å². The zero-order valence-electron chi connectivity index (χ0n) is 17.2. The maximum absolute atomic E-state index is 12.3. The molecule has 2 aromatic carbocycles. The van der Waals surface area contributed by atoms with Gasteiger partial charge in [0.25, 0.3) is 5.69 Å². The van der Waals surface area contributed by atoms with Crippen LogP contribution in [-0.4, -0.2) is 29.1 Å². The van der Waals surface area contributed by atoms with E-state index in [1.54, 1.807) is 12.1 Å². The smallest absolute Gasteiger partial charge is 0.269 e. The fourth-order valence-corrected chi connectivity index (χ4v) is 4.06. The van der Waals surface area contributed by atoms with E-state index < -0.39 is 10.8 Å². The van der Waals surface area contributed by atoms with Crippen molar-refractivity contribution in [1.29, 1.82) is 5.26 Å². The van der Waals surface area contributed by atoms with Gasteiger partial charge in [0.1, 0.15) is 5.75 Å². The number of rotatable bonds is 8. The average molecular weight is 452 g/mol. The van der Waals surface area contributed by atoms with Gasteiger partial charge in [-0.25, -0.2) is 0 Å². The average Bonchev–Trinajstić information content (AvgIpc) is 2.78. The van der Waals surface area contributed by atoms with Gasteiger partial charge in [-0.1, -0.05) is 23.9 Å². The number of nitro groups is 1. The van der Waals surface area contributed by atoms with Crippen molar-refractivity contribution in [3.63, 3.8) is 0 Å². The largest absolute Gasteiger partial charge is 0.494 e. The van der Waals surface area contributed by atoms with Crippen LogP contribution in [0.4, 0.5) is 11.4 Å². The summed E-state index contributed by atoms with van der Waals surface area (Å²) < 4.78 is 5.44. The Balaban J connectivity index is 1.70. The number of non-ortho nitro benzene ring substituents is 1. The molecule has 2 aromatic rings. The zero-order chi connectivity index (χ0) is 23.1. The molecule has 0 saturated heterocycles. The van der Waals surface area contributed by atoms with Gasteiger partial charge in [0.05, 0.1) is 34.0 Å². The number of anilines is 1. The monoisotopic (exact) mass is 452 g/mol.